The number of hydrogen-bond acceptors (Lipinski definition) is 8. The van der Waals surface area contributed by atoms with Gasteiger partial charge in [0.1, 0.15) is 22.6 Å². The second-order valence-electron chi connectivity index (χ2n) is 12.0. The summed E-state index contributed by atoms with van der Waals surface area (Å²) < 4.78 is 27.5. The Morgan fingerprint density at radius 2 is 1.80 bits per heavy atom. The molecule has 4 aromatic rings. The van der Waals surface area contributed by atoms with Crippen molar-refractivity contribution in [2.45, 2.75) is 58.2 Å². The number of anilines is 1. The first-order chi connectivity index (χ1) is 20.8. The van der Waals surface area contributed by atoms with Crippen LogP contribution in [0.3, 0.4) is 0 Å². The van der Waals surface area contributed by atoms with E-state index in [1.54, 1.807) is 38.6 Å². The van der Waals surface area contributed by atoms with Gasteiger partial charge in [-0.1, -0.05) is 29.8 Å². The Morgan fingerprint density at radius 3 is 2.41 bits per heavy atom. The molecule has 1 fully saturated rings. The van der Waals surface area contributed by atoms with Crippen LogP contribution < -0.4 is 15.0 Å². The Balaban J connectivity index is 1.55. The number of nitrogens with one attached hydrogen (secondary N) is 1. The van der Waals surface area contributed by atoms with E-state index in [2.05, 4.69) is 15.4 Å². The van der Waals surface area contributed by atoms with Gasteiger partial charge in [0.2, 0.25) is 0 Å². The summed E-state index contributed by atoms with van der Waals surface area (Å²) in [5.74, 6) is -1.12. The zero-order valence-electron chi connectivity index (χ0n) is 25.1. The van der Waals surface area contributed by atoms with Crippen LogP contribution >= 0.6 is 11.6 Å². The predicted octanol–water partition coefficient (Wildman–Crippen LogP) is 5.92. The SMILES string of the molecule is COc1ccc(Cn2nc(-c3cccc(Cl)c3F)c3nc(C(=O)O)c(N4CCC(C)(NC(=O)OC(C)(C)C)CC4)nc32)cc1. The molecule has 13 heteroatoms. The number of carbonyl (C=O) groups excluding carboxylic acids is 1. The minimum Gasteiger partial charge on any atom is -0.497 e. The second-order valence-corrected chi connectivity index (χ2v) is 12.4. The maximum atomic E-state index is 15.2. The normalized spacial score (nSPS) is 14.8. The lowest BCUT2D eigenvalue weighted by atomic mass is 9.89. The van der Waals surface area contributed by atoms with E-state index in [4.69, 9.17) is 26.1 Å². The molecule has 0 radical (unpaired) electrons. The molecule has 0 atom stereocenters. The van der Waals surface area contributed by atoms with Crippen molar-refractivity contribution in [3.8, 4) is 17.0 Å². The summed E-state index contributed by atoms with van der Waals surface area (Å²) >= 11 is 6.08. The number of nitrogens with zero attached hydrogens (tertiary/aromatic N) is 5. The van der Waals surface area contributed by atoms with Gasteiger partial charge < -0.3 is 24.8 Å². The molecule has 232 valence electrons. The summed E-state index contributed by atoms with van der Waals surface area (Å²) in [4.78, 5) is 36.1. The molecule has 2 aromatic carbocycles. The van der Waals surface area contributed by atoms with Crippen LogP contribution in [0.25, 0.3) is 22.4 Å². The number of aromatic carboxylic acids is 1. The van der Waals surface area contributed by atoms with Crippen LogP contribution in [0.2, 0.25) is 5.02 Å². The van der Waals surface area contributed by atoms with Crippen LogP contribution in [-0.4, -0.2) is 68.3 Å². The number of methoxy groups -OCH3 is 1. The Hall–Kier alpha value is -4.45. The van der Waals surface area contributed by atoms with Crippen molar-refractivity contribution in [1.29, 1.82) is 0 Å². The van der Waals surface area contributed by atoms with Crippen LogP contribution in [0.1, 0.15) is 56.6 Å². The standard InChI is InChI=1S/C31H34ClFN6O5/c1-30(2,3)44-29(42)36-31(4)13-15-38(16-14-31)26-25(28(40)41)34-24-23(20-7-6-8-21(32)22(20)33)37-39(27(24)35-26)17-18-9-11-19(43-5)12-10-18/h6-12H,13-17H2,1-5H3,(H,36,42)(H,40,41). The van der Waals surface area contributed by atoms with Gasteiger partial charge in [0.05, 0.1) is 18.7 Å². The molecule has 1 amide bonds. The largest absolute Gasteiger partial charge is 0.497 e. The third-order valence-corrected chi connectivity index (χ3v) is 7.71. The lowest BCUT2D eigenvalue weighted by Crippen LogP contribution is -2.54. The fourth-order valence-corrected chi connectivity index (χ4v) is 5.28. The van der Waals surface area contributed by atoms with Crippen molar-refractivity contribution in [3.05, 3.63) is 64.6 Å². The topological polar surface area (TPSA) is 132 Å². The van der Waals surface area contributed by atoms with Crippen LogP contribution in [0.4, 0.5) is 15.0 Å². The van der Waals surface area contributed by atoms with E-state index in [0.717, 1.165) is 5.56 Å². The van der Waals surface area contributed by atoms with Gasteiger partial charge in [-0.05, 0) is 70.4 Å². The summed E-state index contributed by atoms with van der Waals surface area (Å²) in [5.41, 5.74) is 0.00999. The smallest absolute Gasteiger partial charge is 0.408 e. The number of halogens is 2. The van der Waals surface area contributed by atoms with E-state index >= 15 is 4.39 Å². The maximum absolute atomic E-state index is 15.2. The number of alkyl carbamates (subject to hydrolysis) is 1. The van der Waals surface area contributed by atoms with E-state index in [1.807, 2.05) is 36.1 Å². The van der Waals surface area contributed by atoms with Crippen molar-refractivity contribution in [2.75, 3.05) is 25.1 Å². The number of carboxylic acid groups (broad SMARTS) is 1. The highest BCUT2D eigenvalue weighted by Gasteiger charge is 2.35. The van der Waals surface area contributed by atoms with Gasteiger partial charge in [0.15, 0.2) is 23.0 Å². The van der Waals surface area contributed by atoms with Gasteiger partial charge in [-0.25, -0.2) is 28.6 Å². The second kappa shape index (κ2) is 11.9. The number of piperidine rings is 1. The number of benzene rings is 2. The molecule has 5 rings (SSSR count). The number of amides is 1. The summed E-state index contributed by atoms with van der Waals surface area (Å²) in [6.07, 6.45) is 0.508. The van der Waals surface area contributed by atoms with E-state index < -0.39 is 29.0 Å². The van der Waals surface area contributed by atoms with Crippen molar-refractivity contribution in [3.63, 3.8) is 0 Å². The molecule has 2 aromatic heterocycles. The minimum absolute atomic E-state index is 0.0799. The number of aromatic nitrogens is 4. The van der Waals surface area contributed by atoms with Crippen molar-refractivity contribution >= 4 is 40.6 Å². The van der Waals surface area contributed by atoms with E-state index in [0.29, 0.717) is 31.7 Å². The molecule has 2 N–H and O–H groups in total. The molecule has 0 spiro atoms. The molecule has 44 heavy (non-hydrogen) atoms. The molecule has 0 bridgehead atoms. The Bertz CT molecular complexity index is 1710. The molecule has 1 saturated heterocycles. The van der Waals surface area contributed by atoms with Crippen molar-refractivity contribution in [2.24, 2.45) is 0 Å². The number of ether oxygens (including phenoxy) is 2. The summed E-state index contributed by atoms with van der Waals surface area (Å²) in [6, 6.07) is 11.9. The number of hydrogen-bond donors (Lipinski definition) is 2. The first kappa shape index (κ1) is 31.0. The third kappa shape index (κ3) is 6.54. The zero-order valence-corrected chi connectivity index (χ0v) is 25.9. The van der Waals surface area contributed by atoms with E-state index in [-0.39, 0.29) is 45.5 Å². The average Bonchev–Trinajstić information content (AvgIpc) is 3.30. The molecular formula is C31H34ClFN6O5. The highest BCUT2D eigenvalue weighted by Crippen LogP contribution is 2.34. The highest BCUT2D eigenvalue weighted by molar-refractivity contribution is 6.31. The molecule has 11 nitrogen and oxygen atoms in total. The Labute approximate surface area is 259 Å². The van der Waals surface area contributed by atoms with Gasteiger partial charge in [-0.2, -0.15) is 5.10 Å². The fourth-order valence-electron chi connectivity index (χ4n) is 5.11. The monoisotopic (exact) mass is 624 g/mol. The first-order valence-corrected chi connectivity index (χ1v) is 14.5. The van der Waals surface area contributed by atoms with Gasteiger partial charge in [-0.15, -0.1) is 0 Å². The maximum Gasteiger partial charge on any atom is 0.408 e. The fraction of sp³-hybridized carbons (Fsp3) is 0.387. The van der Waals surface area contributed by atoms with Crippen LogP contribution in [0, 0.1) is 5.82 Å². The van der Waals surface area contributed by atoms with Crippen LogP contribution in [0.5, 0.6) is 5.75 Å². The number of fused-ring (bicyclic) bond motifs is 1. The predicted molar refractivity (Wildman–Crippen MR) is 164 cm³/mol. The lowest BCUT2D eigenvalue weighted by Gasteiger charge is -2.40. The minimum atomic E-state index is -1.28. The summed E-state index contributed by atoms with van der Waals surface area (Å²) in [7, 11) is 1.58. The number of rotatable bonds is 7. The first-order valence-electron chi connectivity index (χ1n) is 14.1. The quantitative estimate of drug-likeness (QED) is 0.257. The van der Waals surface area contributed by atoms with Crippen molar-refractivity contribution < 1.29 is 28.6 Å². The summed E-state index contributed by atoms with van der Waals surface area (Å²) in [6.45, 7) is 8.37. The van der Waals surface area contributed by atoms with E-state index in [9.17, 15) is 14.7 Å². The van der Waals surface area contributed by atoms with Crippen LogP contribution in [-0.2, 0) is 11.3 Å². The van der Waals surface area contributed by atoms with Crippen LogP contribution in [0.15, 0.2) is 42.5 Å². The number of carbonyl (C=O) groups is 2. The molecule has 3 heterocycles. The zero-order chi connectivity index (χ0) is 31.8. The lowest BCUT2D eigenvalue weighted by molar-refractivity contribution is 0.0448. The van der Waals surface area contributed by atoms with Gasteiger partial charge in [0, 0.05) is 24.2 Å². The Kier molecular flexibility index (Phi) is 8.39. The highest BCUT2D eigenvalue weighted by atomic mass is 35.5. The van der Waals surface area contributed by atoms with Gasteiger partial charge in [0.25, 0.3) is 0 Å². The average molecular weight is 625 g/mol. The van der Waals surface area contributed by atoms with Gasteiger partial charge in [-0.3, -0.25) is 0 Å². The molecule has 1 aliphatic heterocycles. The van der Waals surface area contributed by atoms with Crippen molar-refractivity contribution in [1.82, 2.24) is 25.1 Å². The Morgan fingerprint density at radius 1 is 1.11 bits per heavy atom. The third-order valence-electron chi connectivity index (χ3n) is 7.42. The molecule has 0 saturated carbocycles. The molecule has 1 aliphatic rings. The summed E-state index contributed by atoms with van der Waals surface area (Å²) in [5, 5.41) is 17.7. The molecule has 0 aliphatic carbocycles. The van der Waals surface area contributed by atoms with Gasteiger partial charge >= 0.3 is 12.1 Å². The molecule has 0 unspecified atom stereocenters. The van der Waals surface area contributed by atoms with E-state index in [1.165, 1.54) is 12.1 Å². The number of carboxylic acids is 1. The molecular weight excluding hydrogens is 591 g/mol.